The van der Waals surface area contributed by atoms with E-state index in [2.05, 4.69) is 11.0 Å². The van der Waals surface area contributed by atoms with E-state index in [0.717, 1.165) is 42.4 Å². The van der Waals surface area contributed by atoms with Gasteiger partial charge in [0.25, 0.3) is 5.91 Å². The topological polar surface area (TPSA) is 60.5 Å². The monoisotopic (exact) mass is 460 g/mol. The largest absolute Gasteiger partial charge is 0.496 e. The molecule has 0 N–H and O–H groups in total. The van der Waals surface area contributed by atoms with Gasteiger partial charge in [-0.3, -0.25) is 9.69 Å². The molecule has 3 aromatic rings. The van der Waals surface area contributed by atoms with Crippen molar-refractivity contribution in [1.29, 1.82) is 0 Å². The Balaban J connectivity index is 1.19. The highest BCUT2D eigenvalue weighted by molar-refractivity contribution is 5.94. The summed E-state index contributed by atoms with van der Waals surface area (Å²) in [5.41, 5.74) is 2.68. The number of carbonyl (C=O) groups is 1. The number of piperazine rings is 1. The second-order valence-corrected chi connectivity index (χ2v) is 8.38. The van der Waals surface area contributed by atoms with E-state index in [4.69, 9.17) is 18.9 Å². The Hall–Kier alpha value is -3.71. The molecule has 7 nitrogen and oxygen atoms in total. The minimum atomic E-state index is 0.0337. The highest BCUT2D eigenvalue weighted by atomic mass is 16.7. The molecule has 176 valence electrons. The fourth-order valence-electron chi connectivity index (χ4n) is 4.29. The molecule has 1 saturated heterocycles. The van der Waals surface area contributed by atoms with Gasteiger partial charge in [0.15, 0.2) is 11.5 Å². The van der Waals surface area contributed by atoms with Crippen LogP contribution in [0.3, 0.4) is 0 Å². The minimum absolute atomic E-state index is 0.0337. The molecule has 0 radical (unpaired) electrons. The van der Waals surface area contributed by atoms with Crippen molar-refractivity contribution in [2.45, 2.75) is 13.2 Å². The van der Waals surface area contributed by atoms with Gasteiger partial charge in [-0.25, -0.2) is 0 Å². The van der Waals surface area contributed by atoms with Crippen LogP contribution in [-0.4, -0.2) is 55.8 Å². The Morgan fingerprint density at radius 3 is 2.50 bits per heavy atom. The van der Waals surface area contributed by atoms with Crippen LogP contribution in [0.25, 0.3) is 0 Å². The first-order chi connectivity index (χ1) is 16.7. The summed E-state index contributed by atoms with van der Waals surface area (Å²) in [4.78, 5) is 17.5. The quantitative estimate of drug-likeness (QED) is 0.532. The Morgan fingerprint density at radius 1 is 0.912 bits per heavy atom. The molecular formula is C27H28N2O5. The van der Waals surface area contributed by atoms with E-state index in [1.54, 1.807) is 7.11 Å². The Labute approximate surface area is 199 Å². The predicted molar refractivity (Wildman–Crippen MR) is 128 cm³/mol. The molecule has 5 rings (SSSR count). The maximum absolute atomic E-state index is 13.2. The zero-order valence-corrected chi connectivity index (χ0v) is 19.2. The summed E-state index contributed by atoms with van der Waals surface area (Å²) in [6.07, 6.45) is 0. The molecule has 2 aliphatic rings. The number of fused-ring (bicyclic) bond motifs is 1. The number of benzene rings is 3. The van der Waals surface area contributed by atoms with Crippen molar-refractivity contribution in [2.24, 2.45) is 0 Å². The number of methoxy groups -OCH3 is 1. The lowest BCUT2D eigenvalue weighted by molar-refractivity contribution is 0.0628. The normalized spacial score (nSPS) is 15.3. The molecule has 0 aliphatic carbocycles. The zero-order chi connectivity index (χ0) is 23.3. The molecule has 0 aromatic heterocycles. The number of nitrogens with zero attached hydrogens (tertiary/aromatic N) is 2. The van der Waals surface area contributed by atoms with E-state index >= 15 is 0 Å². The third kappa shape index (κ3) is 4.94. The van der Waals surface area contributed by atoms with Gasteiger partial charge in [0, 0.05) is 43.9 Å². The SMILES string of the molecule is COc1ccc(C(=O)N2CCN(Cc3ccc4c(c3)OCO4)CC2)cc1COc1ccccc1. The van der Waals surface area contributed by atoms with Gasteiger partial charge >= 0.3 is 0 Å². The van der Waals surface area contributed by atoms with Gasteiger partial charge in [0.2, 0.25) is 6.79 Å². The number of hydrogen-bond donors (Lipinski definition) is 0. The van der Waals surface area contributed by atoms with Crippen LogP contribution >= 0.6 is 0 Å². The van der Waals surface area contributed by atoms with Crippen molar-refractivity contribution < 1.29 is 23.7 Å². The lowest BCUT2D eigenvalue weighted by atomic mass is 10.1. The second-order valence-electron chi connectivity index (χ2n) is 8.38. The summed E-state index contributed by atoms with van der Waals surface area (Å²) < 4.78 is 22.2. The van der Waals surface area contributed by atoms with Gasteiger partial charge in [-0.15, -0.1) is 0 Å². The minimum Gasteiger partial charge on any atom is -0.496 e. The van der Waals surface area contributed by atoms with Gasteiger partial charge in [-0.05, 0) is 48.0 Å². The molecular weight excluding hydrogens is 432 g/mol. The fraction of sp³-hybridized carbons (Fsp3) is 0.296. The van der Waals surface area contributed by atoms with Crippen molar-refractivity contribution in [3.8, 4) is 23.0 Å². The highest BCUT2D eigenvalue weighted by Gasteiger charge is 2.23. The Kier molecular flexibility index (Phi) is 6.53. The van der Waals surface area contributed by atoms with Crippen LogP contribution in [0.5, 0.6) is 23.0 Å². The third-order valence-corrected chi connectivity index (χ3v) is 6.17. The molecule has 0 saturated carbocycles. The van der Waals surface area contributed by atoms with E-state index in [-0.39, 0.29) is 12.7 Å². The maximum Gasteiger partial charge on any atom is 0.253 e. The number of carbonyl (C=O) groups excluding carboxylic acids is 1. The van der Waals surface area contributed by atoms with Crippen LogP contribution < -0.4 is 18.9 Å². The summed E-state index contributed by atoms with van der Waals surface area (Å²) in [5.74, 6) is 3.12. The first kappa shape index (κ1) is 22.1. The molecule has 0 bridgehead atoms. The molecule has 0 unspecified atom stereocenters. The molecule has 2 aliphatic heterocycles. The number of rotatable bonds is 7. The van der Waals surface area contributed by atoms with E-state index in [1.807, 2.05) is 65.6 Å². The van der Waals surface area contributed by atoms with E-state index in [0.29, 0.717) is 31.0 Å². The van der Waals surface area contributed by atoms with Gasteiger partial charge < -0.3 is 23.8 Å². The number of para-hydroxylation sites is 1. The molecule has 3 aromatic carbocycles. The number of ether oxygens (including phenoxy) is 4. The predicted octanol–water partition coefficient (Wildman–Crippen LogP) is 3.96. The number of hydrogen-bond acceptors (Lipinski definition) is 6. The second kappa shape index (κ2) is 10.1. The van der Waals surface area contributed by atoms with E-state index < -0.39 is 0 Å². The van der Waals surface area contributed by atoms with E-state index in [9.17, 15) is 4.79 Å². The molecule has 0 spiro atoms. The van der Waals surface area contributed by atoms with Gasteiger partial charge in [-0.2, -0.15) is 0 Å². The average Bonchev–Trinajstić information content (AvgIpc) is 3.36. The summed E-state index contributed by atoms with van der Waals surface area (Å²) in [6, 6.07) is 21.2. The van der Waals surface area contributed by atoms with Gasteiger partial charge in [0.1, 0.15) is 18.1 Å². The van der Waals surface area contributed by atoms with Gasteiger partial charge in [0.05, 0.1) is 7.11 Å². The maximum atomic E-state index is 13.2. The summed E-state index contributed by atoms with van der Waals surface area (Å²) in [5, 5.41) is 0. The van der Waals surface area contributed by atoms with Crippen LogP contribution in [0.1, 0.15) is 21.5 Å². The first-order valence-corrected chi connectivity index (χ1v) is 11.4. The standard InChI is InChI=1S/C27H28N2O5/c1-31-24-10-8-21(16-22(24)18-32-23-5-3-2-4-6-23)27(30)29-13-11-28(12-14-29)17-20-7-9-25-26(15-20)34-19-33-25/h2-10,15-16H,11-14,17-19H2,1H3. The van der Waals surface area contributed by atoms with Crippen molar-refractivity contribution in [3.63, 3.8) is 0 Å². The number of amides is 1. The molecule has 0 atom stereocenters. The smallest absolute Gasteiger partial charge is 0.253 e. The van der Waals surface area contributed by atoms with Crippen LogP contribution in [0.15, 0.2) is 66.7 Å². The van der Waals surface area contributed by atoms with Crippen LogP contribution in [0.4, 0.5) is 0 Å². The molecule has 1 fully saturated rings. The van der Waals surface area contributed by atoms with Crippen molar-refractivity contribution in [2.75, 3.05) is 40.1 Å². The average molecular weight is 461 g/mol. The fourth-order valence-corrected chi connectivity index (χ4v) is 4.29. The lowest BCUT2D eigenvalue weighted by Gasteiger charge is -2.35. The summed E-state index contributed by atoms with van der Waals surface area (Å²) >= 11 is 0. The Morgan fingerprint density at radius 2 is 1.71 bits per heavy atom. The summed E-state index contributed by atoms with van der Waals surface area (Å²) in [6.45, 7) is 4.45. The van der Waals surface area contributed by atoms with Crippen molar-refractivity contribution in [1.82, 2.24) is 9.80 Å². The van der Waals surface area contributed by atoms with Crippen molar-refractivity contribution in [3.05, 3.63) is 83.4 Å². The van der Waals surface area contributed by atoms with Crippen molar-refractivity contribution >= 4 is 5.91 Å². The molecule has 2 heterocycles. The van der Waals surface area contributed by atoms with Crippen LogP contribution in [0.2, 0.25) is 0 Å². The zero-order valence-electron chi connectivity index (χ0n) is 19.2. The highest BCUT2D eigenvalue weighted by Crippen LogP contribution is 2.33. The van der Waals surface area contributed by atoms with E-state index in [1.165, 1.54) is 5.56 Å². The molecule has 7 heteroatoms. The lowest BCUT2D eigenvalue weighted by Crippen LogP contribution is -2.48. The summed E-state index contributed by atoms with van der Waals surface area (Å²) in [7, 11) is 1.63. The van der Waals surface area contributed by atoms with Crippen LogP contribution in [-0.2, 0) is 13.2 Å². The molecule has 1 amide bonds. The first-order valence-electron chi connectivity index (χ1n) is 11.4. The van der Waals surface area contributed by atoms with Crippen LogP contribution in [0, 0.1) is 0 Å². The molecule has 34 heavy (non-hydrogen) atoms. The third-order valence-electron chi connectivity index (χ3n) is 6.17. The van der Waals surface area contributed by atoms with Gasteiger partial charge in [-0.1, -0.05) is 24.3 Å². The Bertz CT molecular complexity index is 1140.